The van der Waals surface area contributed by atoms with Crippen molar-refractivity contribution in [2.24, 2.45) is 0 Å². The molecule has 1 rings (SSSR count). The van der Waals surface area contributed by atoms with Crippen molar-refractivity contribution in [3.8, 4) is 0 Å². The predicted octanol–water partition coefficient (Wildman–Crippen LogP) is 0.249. The molecule has 1 amide bonds. The lowest BCUT2D eigenvalue weighted by atomic mass is 10.2. The highest BCUT2D eigenvalue weighted by Gasteiger charge is 2.13. The van der Waals surface area contributed by atoms with Crippen LogP contribution in [0.5, 0.6) is 0 Å². The Morgan fingerprint density at radius 3 is 2.76 bits per heavy atom. The lowest BCUT2D eigenvalue weighted by Gasteiger charge is -2.07. The molecule has 0 aliphatic carbocycles. The predicted molar refractivity (Wildman–Crippen MR) is 63.2 cm³/mol. The number of hydrogen-bond acceptors (Lipinski definition) is 4. The molecule has 2 N–H and O–H groups in total. The summed E-state index contributed by atoms with van der Waals surface area (Å²) >= 11 is 0. The first-order valence-corrected chi connectivity index (χ1v) is 6.01. The number of aliphatic hydroxyl groups excluding tert-OH is 1. The van der Waals surface area contributed by atoms with E-state index in [0.29, 0.717) is 12.2 Å². The number of carbonyl (C=O) groups is 1. The standard InChI is InChI=1S/C11H20N4O2/c1-3-5-10-9(8-16)13-14-15(10)7-11(17)12-6-4-2/h16H,3-8H2,1-2H3,(H,12,17). The van der Waals surface area contributed by atoms with E-state index in [-0.39, 0.29) is 19.1 Å². The summed E-state index contributed by atoms with van der Waals surface area (Å²) in [4.78, 5) is 11.6. The fourth-order valence-electron chi connectivity index (χ4n) is 1.59. The first kappa shape index (κ1) is 13.6. The van der Waals surface area contributed by atoms with Crippen molar-refractivity contribution < 1.29 is 9.90 Å². The maximum absolute atomic E-state index is 11.6. The Kier molecular flexibility index (Phi) is 5.62. The normalized spacial score (nSPS) is 10.5. The number of nitrogens with zero attached hydrogens (tertiary/aromatic N) is 3. The second-order valence-electron chi connectivity index (χ2n) is 3.90. The summed E-state index contributed by atoms with van der Waals surface area (Å²) in [6.07, 6.45) is 2.60. The van der Waals surface area contributed by atoms with Crippen LogP contribution in [-0.2, 0) is 24.4 Å². The summed E-state index contributed by atoms with van der Waals surface area (Å²) in [5.74, 6) is -0.0707. The third-order valence-electron chi connectivity index (χ3n) is 2.42. The summed E-state index contributed by atoms with van der Waals surface area (Å²) in [6, 6.07) is 0. The molecule has 0 saturated heterocycles. The molecular formula is C11H20N4O2. The summed E-state index contributed by atoms with van der Waals surface area (Å²) in [5, 5.41) is 19.7. The van der Waals surface area contributed by atoms with E-state index in [4.69, 9.17) is 5.11 Å². The van der Waals surface area contributed by atoms with Crippen LogP contribution in [0.15, 0.2) is 0 Å². The Balaban J connectivity index is 2.69. The van der Waals surface area contributed by atoms with E-state index < -0.39 is 0 Å². The zero-order chi connectivity index (χ0) is 12.7. The van der Waals surface area contributed by atoms with Crippen LogP contribution in [-0.4, -0.2) is 32.6 Å². The largest absolute Gasteiger partial charge is 0.390 e. The molecule has 0 radical (unpaired) electrons. The van der Waals surface area contributed by atoms with Crippen molar-refractivity contribution in [2.75, 3.05) is 6.54 Å². The van der Waals surface area contributed by atoms with E-state index in [1.807, 2.05) is 13.8 Å². The molecule has 0 saturated carbocycles. The highest BCUT2D eigenvalue weighted by Crippen LogP contribution is 2.08. The van der Waals surface area contributed by atoms with Crippen LogP contribution in [0.1, 0.15) is 38.1 Å². The van der Waals surface area contributed by atoms with Gasteiger partial charge in [-0.15, -0.1) is 5.10 Å². The van der Waals surface area contributed by atoms with E-state index in [2.05, 4.69) is 15.6 Å². The minimum Gasteiger partial charge on any atom is -0.390 e. The van der Waals surface area contributed by atoms with Crippen LogP contribution in [0.2, 0.25) is 0 Å². The fourth-order valence-corrected chi connectivity index (χ4v) is 1.59. The number of amides is 1. The topological polar surface area (TPSA) is 80.0 Å². The van der Waals surface area contributed by atoms with E-state index in [1.165, 1.54) is 0 Å². The SMILES string of the molecule is CCCNC(=O)Cn1nnc(CO)c1CCC. The van der Waals surface area contributed by atoms with Crippen LogP contribution in [0.4, 0.5) is 0 Å². The van der Waals surface area contributed by atoms with E-state index in [0.717, 1.165) is 25.0 Å². The Morgan fingerprint density at radius 1 is 1.41 bits per heavy atom. The number of aromatic nitrogens is 3. The van der Waals surface area contributed by atoms with E-state index in [1.54, 1.807) is 4.68 Å². The molecule has 0 unspecified atom stereocenters. The zero-order valence-electron chi connectivity index (χ0n) is 10.4. The number of carbonyl (C=O) groups excluding carboxylic acids is 1. The van der Waals surface area contributed by atoms with Gasteiger partial charge in [-0.3, -0.25) is 4.79 Å². The summed E-state index contributed by atoms with van der Waals surface area (Å²) in [6.45, 7) is 4.75. The van der Waals surface area contributed by atoms with Gasteiger partial charge in [0.2, 0.25) is 5.91 Å². The van der Waals surface area contributed by atoms with Crippen molar-refractivity contribution in [2.45, 2.75) is 46.3 Å². The van der Waals surface area contributed by atoms with Crippen molar-refractivity contribution in [3.63, 3.8) is 0 Å². The van der Waals surface area contributed by atoms with Gasteiger partial charge in [-0.25, -0.2) is 4.68 Å². The second-order valence-corrected chi connectivity index (χ2v) is 3.90. The van der Waals surface area contributed by atoms with Crippen LogP contribution in [0, 0.1) is 0 Å². The van der Waals surface area contributed by atoms with Gasteiger partial charge in [0.15, 0.2) is 0 Å². The van der Waals surface area contributed by atoms with Crippen LogP contribution >= 0.6 is 0 Å². The van der Waals surface area contributed by atoms with Gasteiger partial charge in [-0.1, -0.05) is 25.5 Å². The molecule has 6 nitrogen and oxygen atoms in total. The van der Waals surface area contributed by atoms with Crippen molar-refractivity contribution in [1.29, 1.82) is 0 Å². The van der Waals surface area contributed by atoms with Gasteiger partial charge in [-0.2, -0.15) is 0 Å². The fraction of sp³-hybridized carbons (Fsp3) is 0.727. The molecule has 1 aromatic heterocycles. The number of aliphatic hydroxyl groups is 1. The quantitative estimate of drug-likeness (QED) is 0.716. The van der Waals surface area contributed by atoms with Gasteiger partial charge in [0.25, 0.3) is 0 Å². The molecule has 0 bridgehead atoms. The molecule has 0 aromatic carbocycles. The minimum absolute atomic E-state index is 0.0707. The van der Waals surface area contributed by atoms with Crippen LogP contribution in [0.3, 0.4) is 0 Å². The second kappa shape index (κ2) is 7.01. The minimum atomic E-state index is -0.133. The Hall–Kier alpha value is -1.43. The monoisotopic (exact) mass is 240 g/mol. The maximum Gasteiger partial charge on any atom is 0.241 e. The van der Waals surface area contributed by atoms with E-state index in [9.17, 15) is 4.79 Å². The molecule has 0 aliphatic heterocycles. The van der Waals surface area contributed by atoms with Crippen molar-refractivity contribution >= 4 is 5.91 Å². The van der Waals surface area contributed by atoms with Gasteiger partial charge >= 0.3 is 0 Å². The molecule has 0 fully saturated rings. The average molecular weight is 240 g/mol. The Labute approximate surface area is 101 Å². The molecule has 96 valence electrons. The number of rotatable bonds is 7. The van der Waals surface area contributed by atoms with Crippen LogP contribution < -0.4 is 5.32 Å². The van der Waals surface area contributed by atoms with Gasteiger partial charge in [0.1, 0.15) is 12.2 Å². The Bertz CT molecular complexity index is 362. The summed E-state index contributed by atoms with van der Waals surface area (Å²) in [7, 11) is 0. The van der Waals surface area contributed by atoms with Crippen molar-refractivity contribution in [1.82, 2.24) is 20.3 Å². The number of hydrogen-bond donors (Lipinski definition) is 2. The smallest absolute Gasteiger partial charge is 0.241 e. The molecule has 0 atom stereocenters. The van der Waals surface area contributed by atoms with Gasteiger partial charge in [0.05, 0.1) is 12.3 Å². The first-order chi connectivity index (χ1) is 8.22. The van der Waals surface area contributed by atoms with Gasteiger partial charge < -0.3 is 10.4 Å². The summed E-state index contributed by atoms with van der Waals surface area (Å²) < 4.78 is 1.57. The van der Waals surface area contributed by atoms with Gasteiger partial charge in [-0.05, 0) is 12.8 Å². The lowest BCUT2D eigenvalue weighted by Crippen LogP contribution is -2.29. The number of nitrogens with one attached hydrogen (secondary N) is 1. The molecule has 1 aromatic rings. The lowest BCUT2D eigenvalue weighted by molar-refractivity contribution is -0.121. The highest BCUT2D eigenvalue weighted by atomic mass is 16.3. The molecule has 6 heteroatoms. The molecule has 0 aliphatic rings. The third kappa shape index (κ3) is 3.81. The molecular weight excluding hydrogens is 220 g/mol. The first-order valence-electron chi connectivity index (χ1n) is 6.01. The average Bonchev–Trinajstić information content (AvgIpc) is 2.70. The van der Waals surface area contributed by atoms with E-state index >= 15 is 0 Å². The van der Waals surface area contributed by atoms with Crippen LogP contribution in [0.25, 0.3) is 0 Å². The molecule has 17 heavy (non-hydrogen) atoms. The maximum atomic E-state index is 11.6. The van der Waals surface area contributed by atoms with Crippen molar-refractivity contribution in [3.05, 3.63) is 11.4 Å². The molecule has 0 spiro atoms. The highest BCUT2D eigenvalue weighted by molar-refractivity contribution is 5.75. The Morgan fingerprint density at radius 2 is 2.18 bits per heavy atom. The molecule has 1 heterocycles. The zero-order valence-corrected chi connectivity index (χ0v) is 10.4. The van der Waals surface area contributed by atoms with Gasteiger partial charge in [0, 0.05) is 6.54 Å². The third-order valence-corrected chi connectivity index (χ3v) is 2.42. The summed E-state index contributed by atoms with van der Waals surface area (Å²) in [5.41, 5.74) is 1.41.